The van der Waals surface area contributed by atoms with Crippen LogP contribution in [0.2, 0.25) is 0 Å². The Bertz CT molecular complexity index is 540. The quantitative estimate of drug-likeness (QED) is 0.770. The summed E-state index contributed by atoms with van der Waals surface area (Å²) in [5.41, 5.74) is 1.75. The molecule has 2 rings (SSSR count). The molecule has 0 saturated heterocycles. The van der Waals surface area contributed by atoms with Crippen molar-refractivity contribution in [3.8, 4) is 11.5 Å². The van der Waals surface area contributed by atoms with Crippen molar-refractivity contribution in [2.75, 3.05) is 0 Å². The molecule has 0 aliphatic carbocycles. The Hall–Kier alpha value is -2.00. The second kappa shape index (κ2) is 6.25. The molecule has 0 spiro atoms. The van der Waals surface area contributed by atoms with E-state index in [-0.39, 0.29) is 6.04 Å². The monoisotopic (exact) mass is 257 g/mol. The van der Waals surface area contributed by atoms with Crippen LogP contribution in [0.25, 0.3) is 0 Å². The number of hydrogen-bond donors (Lipinski definition) is 3. The van der Waals surface area contributed by atoms with E-state index >= 15 is 0 Å². The summed E-state index contributed by atoms with van der Waals surface area (Å²) in [6.45, 7) is 2.63. The highest BCUT2D eigenvalue weighted by Gasteiger charge is 2.12. The van der Waals surface area contributed by atoms with E-state index in [1.165, 1.54) is 0 Å². The predicted octanol–water partition coefficient (Wildman–Crippen LogP) is 3.34. The Balaban J connectivity index is 2.09. The number of phenols is 2. The van der Waals surface area contributed by atoms with E-state index in [9.17, 15) is 10.2 Å². The van der Waals surface area contributed by atoms with E-state index in [1.807, 2.05) is 30.3 Å². The average Bonchev–Trinajstić information content (AvgIpc) is 2.43. The van der Waals surface area contributed by atoms with E-state index in [2.05, 4.69) is 12.2 Å². The summed E-state index contributed by atoms with van der Waals surface area (Å²) in [7, 11) is 0. The molecule has 0 bridgehead atoms. The zero-order valence-electron chi connectivity index (χ0n) is 11.0. The first-order valence-electron chi connectivity index (χ1n) is 6.50. The van der Waals surface area contributed by atoms with Crippen molar-refractivity contribution >= 4 is 0 Å². The van der Waals surface area contributed by atoms with Gasteiger partial charge in [0.15, 0.2) is 0 Å². The summed E-state index contributed by atoms with van der Waals surface area (Å²) < 4.78 is 0. The molecule has 0 saturated carbocycles. The van der Waals surface area contributed by atoms with Crippen molar-refractivity contribution in [3.05, 3.63) is 59.7 Å². The maximum Gasteiger partial charge on any atom is 0.120 e. The Morgan fingerprint density at radius 2 is 1.58 bits per heavy atom. The standard InChI is InChI=1S/C16H19NO2/c1-2-14(13-8-4-6-10-16(13)19)17-11-12-7-3-5-9-15(12)18/h3-10,14,17-19H,2,11H2,1H3. The number of phenolic OH excluding ortho intramolecular Hbond substituents is 2. The van der Waals surface area contributed by atoms with E-state index in [0.717, 1.165) is 17.5 Å². The van der Waals surface area contributed by atoms with Gasteiger partial charge in [-0.15, -0.1) is 0 Å². The molecule has 0 aliphatic rings. The van der Waals surface area contributed by atoms with Crippen LogP contribution >= 0.6 is 0 Å². The van der Waals surface area contributed by atoms with Crippen molar-refractivity contribution in [2.24, 2.45) is 0 Å². The first kappa shape index (κ1) is 13.4. The topological polar surface area (TPSA) is 52.5 Å². The molecule has 0 fully saturated rings. The first-order valence-corrected chi connectivity index (χ1v) is 6.50. The highest BCUT2D eigenvalue weighted by molar-refractivity contribution is 5.35. The third-order valence-corrected chi connectivity index (χ3v) is 3.25. The summed E-state index contributed by atoms with van der Waals surface area (Å²) >= 11 is 0. The summed E-state index contributed by atoms with van der Waals surface area (Å²) in [6.07, 6.45) is 0.866. The van der Waals surface area contributed by atoms with Crippen molar-refractivity contribution in [1.29, 1.82) is 0 Å². The summed E-state index contributed by atoms with van der Waals surface area (Å²) in [5, 5.41) is 23.0. The van der Waals surface area contributed by atoms with Crippen molar-refractivity contribution in [1.82, 2.24) is 5.32 Å². The Morgan fingerprint density at radius 3 is 2.21 bits per heavy atom. The molecular weight excluding hydrogens is 238 g/mol. The molecule has 0 heterocycles. The molecule has 19 heavy (non-hydrogen) atoms. The molecular formula is C16H19NO2. The van der Waals surface area contributed by atoms with E-state index < -0.39 is 0 Å². The molecule has 0 amide bonds. The third-order valence-electron chi connectivity index (χ3n) is 3.25. The number of hydrogen-bond acceptors (Lipinski definition) is 3. The molecule has 0 aromatic heterocycles. The predicted molar refractivity (Wildman–Crippen MR) is 76.1 cm³/mol. The fraction of sp³-hybridized carbons (Fsp3) is 0.250. The number of rotatable bonds is 5. The third kappa shape index (κ3) is 3.26. The fourth-order valence-electron chi connectivity index (χ4n) is 2.15. The SMILES string of the molecule is CCC(NCc1ccccc1O)c1ccccc1O. The Kier molecular flexibility index (Phi) is 4.42. The number of aromatic hydroxyl groups is 2. The minimum absolute atomic E-state index is 0.0702. The fourth-order valence-corrected chi connectivity index (χ4v) is 2.15. The van der Waals surface area contributed by atoms with Crippen molar-refractivity contribution < 1.29 is 10.2 Å². The highest BCUT2D eigenvalue weighted by atomic mass is 16.3. The molecule has 1 atom stereocenters. The molecule has 0 aliphatic heterocycles. The van der Waals surface area contributed by atoms with Gasteiger partial charge in [0.05, 0.1) is 0 Å². The lowest BCUT2D eigenvalue weighted by molar-refractivity contribution is 0.433. The van der Waals surface area contributed by atoms with E-state index in [0.29, 0.717) is 18.0 Å². The molecule has 2 aromatic carbocycles. The lowest BCUT2D eigenvalue weighted by Crippen LogP contribution is -2.20. The van der Waals surface area contributed by atoms with Gasteiger partial charge in [-0.2, -0.15) is 0 Å². The Labute approximate surface area is 113 Å². The van der Waals surface area contributed by atoms with Gasteiger partial charge in [0, 0.05) is 23.7 Å². The van der Waals surface area contributed by atoms with Crippen LogP contribution in [0.15, 0.2) is 48.5 Å². The van der Waals surface area contributed by atoms with Crippen LogP contribution in [0, 0.1) is 0 Å². The van der Waals surface area contributed by atoms with Crippen LogP contribution in [0.5, 0.6) is 11.5 Å². The second-order valence-corrected chi connectivity index (χ2v) is 4.53. The van der Waals surface area contributed by atoms with Gasteiger partial charge in [-0.3, -0.25) is 0 Å². The zero-order chi connectivity index (χ0) is 13.7. The smallest absolute Gasteiger partial charge is 0.120 e. The summed E-state index contributed by atoms with van der Waals surface area (Å²) in [4.78, 5) is 0. The van der Waals surface area contributed by atoms with Gasteiger partial charge in [0.25, 0.3) is 0 Å². The summed E-state index contributed by atoms with van der Waals surface area (Å²) in [5.74, 6) is 0.598. The van der Waals surface area contributed by atoms with Gasteiger partial charge in [-0.25, -0.2) is 0 Å². The molecule has 3 heteroatoms. The molecule has 0 radical (unpaired) electrons. The lowest BCUT2D eigenvalue weighted by Gasteiger charge is -2.19. The highest BCUT2D eigenvalue weighted by Crippen LogP contribution is 2.26. The minimum Gasteiger partial charge on any atom is -0.508 e. The van der Waals surface area contributed by atoms with Crippen LogP contribution < -0.4 is 5.32 Å². The van der Waals surface area contributed by atoms with Crippen LogP contribution in [0.4, 0.5) is 0 Å². The zero-order valence-corrected chi connectivity index (χ0v) is 11.0. The average molecular weight is 257 g/mol. The van der Waals surface area contributed by atoms with Crippen molar-refractivity contribution in [2.45, 2.75) is 25.9 Å². The minimum atomic E-state index is 0.0702. The maximum absolute atomic E-state index is 9.87. The maximum atomic E-state index is 9.87. The molecule has 2 aromatic rings. The van der Waals surface area contributed by atoms with Gasteiger partial charge < -0.3 is 15.5 Å². The normalized spacial score (nSPS) is 12.3. The van der Waals surface area contributed by atoms with Crippen LogP contribution in [0.1, 0.15) is 30.5 Å². The molecule has 3 N–H and O–H groups in total. The molecule has 3 nitrogen and oxygen atoms in total. The van der Waals surface area contributed by atoms with Crippen LogP contribution in [0.3, 0.4) is 0 Å². The first-order chi connectivity index (χ1) is 9.22. The Morgan fingerprint density at radius 1 is 0.947 bits per heavy atom. The van der Waals surface area contributed by atoms with Gasteiger partial charge in [-0.05, 0) is 18.6 Å². The van der Waals surface area contributed by atoms with Gasteiger partial charge in [0.2, 0.25) is 0 Å². The number of nitrogens with one attached hydrogen (secondary N) is 1. The largest absolute Gasteiger partial charge is 0.508 e. The summed E-state index contributed by atoms with van der Waals surface area (Å²) in [6, 6.07) is 14.7. The van der Waals surface area contributed by atoms with E-state index in [4.69, 9.17) is 0 Å². The van der Waals surface area contributed by atoms with Crippen LogP contribution in [-0.4, -0.2) is 10.2 Å². The second-order valence-electron chi connectivity index (χ2n) is 4.53. The lowest BCUT2D eigenvalue weighted by atomic mass is 10.0. The van der Waals surface area contributed by atoms with E-state index in [1.54, 1.807) is 18.2 Å². The van der Waals surface area contributed by atoms with Gasteiger partial charge in [-0.1, -0.05) is 43.3 Å². The van der Waals surface area contributed by atoms with Crippen molar-refractivity contribution in [3.63, 3.8) is 0 Å². The molecule has 1 unspecified atom stereocenters. The molecule has 100 valence electrons. The number of para-hydroxylation sites is 2. The number of benzene rings is 2. The van der Waals surface area contributed by atoms with Gasteiger partial charge in [0.1, 0.15) is 11.5 Å². The van der Waals surface area contributed by atoms with Crippen LogP contribution in [-0.2, 0) is 6.54 Å². The van der Waals surface area contributed by atoms with Gasteiger partial charge >= 0.3 is 0 Å².